The molecule has 0 aliphatic rings. The zero-order chi connectivity index (χ0) is 11.7. The van der Waals surface area contributed by atoms with Crippen molar-refractivity contribution in [2.45, 2.75) is 69.1 Å². The van der Waals surface area contributed by atoms with Gasteiger partial charge in [-0.1, -0.05) is 67.8 Å². The minimum atomic E-state index is -2.58. The number of alkyl halides is 1. The molecule has 3 nitrogen and oxygen atoms in total. The molecule has 0 saturated carbocycles. The minimum Gasteiger partial charge on any atom is -0.343 e. The van der Waals surface area contributed by atoms with Gasteiger partial charge in [0.05, 0.1) is 4.83 Å². The number of halogens is 1. The lowest BCUT2D eigenvalue weighted by Crippen LogP contribution is -2.37. The van der Waals surface area contributed by atoms with Crippen LogP contribution in [0.5, 0.6) is 0 Å². The highest BCUT2D eigenvalue weighted by atomic mass is 79.9. The van der Waals surface area contributed by atoms with Gasteiger partial charge in [0.1, 0.15) is 0 Å². The zero-order valence-corrected chi connectivity index (χ0v) is 11.0. The first-order valence-electron chi connectivity index (χ1n) is 5.79. The Morgan fingerprint density at radius 2 is 1.40 bits per heavy atom. The van der Waals surface area contributed by atoms with Crippen molar-refractivity contribution in [3.63, 3.8) is 0 Å². The molecule has 0 radical (unpaired) electrons. The Balaban J connectivity index is 3.24. The van der Waals surface area contributed by atoms with Gasteiger partial charge in [0, 0.05) is 0 Å². The first-order valence-corrected chi connectivity index (χ1v) is 6.71. The molecular formula is C11H23BrO3. The normalized spacial score (nSPS) is 14.2. The summed E-state index contributed by atoms with van der Waals surface area (Å²) < 4.78 is 0. The molecule has 15 heavy (non-hydrogen) atoms. The van der Waals surface area contributed by atoms with E-state index in [1.807, 2.05) is 0 Å². The minimum absolute atomic E-state index is 0.581. The van der Waals surface area contributed by atoms with Crippen LogP contribution in [-0.4, -0.2) is 26.1 Å². The fourth-order valence-electron chi connectivity index (χ4n) is 1.47. The average molecular weight is 283 g/mol. The van der Waals surface area contributed by atoms with Crippen LogP contribution in [0, 0.1) is 0 Å². The average Bonchev–Trinajstić information content (AvgIpc) is 2.14. The summed E-state index contributed by atoms with van der Waals surface area (Å²) in [5.74, 6) is -2.58. The van der Waals surface area contributed by atoms with Gasteiger partial charge in [-0.15, -0.1) is 0 Å². The Kier molecular flexibility index (Phi) is 8.71. The van der Waals surface area contributed by atoms with Crippen LogP contribution in [0.3, 0.4) is 0 Å². The van der Waals surface area contributed by atoms with Gasteiger partial charge in [0.25, 0.3) is 5.97 Å². The molecule has 0 saturated heterocycles. The molecular weight excluding hydrogens is 260 g/mol. The van der Waals surface area contributed by atoms with E-state index in [-0.39, 0.29) is 0 Å². The van der Waals surface area contributed by atoms with Gasteiger partial charge in [-0.05, 0) is 6.42 Å². The largest absolute Gasteiger partial charge is 0.343 e. The van der Waals surface area contributed by atoms with Crippen molar-refractivity contribution in [3.8, 4) is 0 Å². The second-order valence-electron chi connectivity index (χ2n) is 4.06. The zero-order valence-electron chi connectivity index (χ0n) is 9.45. The van der Waals surface area contributed by atoms with E-state index in [2.05, 4.69) is 22.9 Å². The van der Waals surface area contributed by atoms with Crippen molar-refractivity contribution in [1.82, 2.24) is 0 Å². The van der Waals surface area contributed by atoms with Crippen LogP contribution in [0.15, 0.2) is 0 Å². The third-order valence-electron chi connectivity index (χ3n) is 2.48. The standard InChI is InChI=1S/C11H23BrO3/c1-2-3-4-5-6-7-8-9-10(12)11(13,14)15/h10,13-15H,2-9H2,1H3. The van der Waals surface area contributed by atoms with Gasteiger partial charge in [-0.2, -0.15) is 0 Å². The van der Waals surface area contributed by atoms with Gasteiger partial charge in [-0.3, -0.25) is 0 Å². The van der Waals surface area contributed by atoms with E-state index in [0.717, 1.165) is 12.8 Å². The summed E-state index contributed by atoms with van der Waals surface area (Å²) in [7, 11) is 0. The summed E-state index contributed by atoms with van der Waals surface area (Å²) in [6.07, 6.45) is 8.86. The number of rotatable bonds is 9. The van der Waals surface area contributed by atoms with Gasteiger partial charge in [-0.25, -0.2) is 0 Å². The van der Waals surface area contributed by atoms with Crippen LogP contribution < -0.4 is 0 Å². The van der Waals surface area contributed by atoms with Gasteiger partial charge < -0.3 is 15.3 Å². The van der Waals surface area contributed by atoms with Crippen LogP contribution in [0.25, 0.3) is 0 Å². The molecule has 0 fully saturated rings. The third kappa shape index (κ3) is 9.30. The van der Waals surface area contributed by atoms with E-state index in [1.54, 1.807) is 0 Å². The van der Waals surface area contributed by atoms with E-state index in [0.29, 0.717) is 6.42 Å². The highest BCUT2D eigenvalue weighted by Crippen LogP contribution is 2.20. The molecule has 0 amide bonds. The SMILES string of the molecule is CCCCCCCCCC(Br)C(O)(O)O. The molecule has 0 bridgehead atoms. The van der Waals surface area contributed by atoms with Crippen molar-refractivity contribution in [3.05, 3.63) is 0 Å². The van der Waals surface area contributed by atoms with E-state index < -0.39 is 10.8 Å². The lowest BCUT2D eigenvalue weighted by molar-refractivity contribution is -0.309. The van der Waals surface area contributed by atoms with Gasteiger partial charge in [0.15, 0.2) is 0 Å². The molecule has 1 atom stereocenters. The lowest BCUT2D eigenvalue weighted by atomic mass is 10.1. The maximum absolute atomic E-state index is 8.82. The van der Waals surface area contributed by atoms with Gasteiger partial charge in [0.2, 0.25) is 0 Å². The van der Waals surface area contributed by atoms with Crippen LogP contribution >= 0.6 is 15.9 Å². The first-order chi connectivity index (χ1) is 6.98. The number of hydrogen-bond donors (Lipinski definition) is 3. The van der Waals surface area contributed by atoms with E-state index in [4.69, 9.17) is 15.3 Å². The molecule has 4 heteroatoms. The maximum Gasteiger partial charge on any atom is 0.288 e. The highest BCUT2D eigenvalue weighted by molar-refractivity contribution is 9.09. The Hall–Kier alpha value is 0.360. The highest BCUT2D eigenvalue weighted by Gasteiger charge is 2.28. The molecule has 3 N–H and O–H groups in total. The molecule has 0 aromatic carbocycles. The molecule has 0 rings (SSSR count). The summed E-state index contributed by atoms with van der Waals surface area (Å²) in [5.41, 5.74) is 0. The smallest absolute Gasteiger partial charge is 0.288 e. The lowest BCUT2D eigenvalue weighted by Gasteiger charge is -2.20. The van der Waals surface area contributed by atoms with Crippen LogP contribution in [0.4, 0.5) is 0 Å². The molecule has 0 aliphatic heterocycles. The van der Waals surface area contributed by atoms with Crippen molar-refractivity contribution < 1.29 is 15.3 Å². The summed E-state index contributed by atoms with van der Waals surface area (Å²) in [5, 5.41) is 26.5. The molecule has 0 aliphatic carbocycles. The Bertz CT molecular complexity index is 145. The summed E-state index contributed by atoms with van der Waals surface area (Å²) >= 11 is 3.04. The molecule has 0 aromatic rings. The molecule has 92 valence electrons. The van der Waals surface area contributed by atoms with Crippen molar-refractivity contribution in [2.24, 2.45) is 0 Å². The first kappa shape index (κ1) is 15.4. The topological polar surface area (TPSA) is 60.7 Å². The number of aliphatic hydroxyl groups is 3. The van der Waals surface area contributed by atoms with Crippen molar-refractivity contribution >= 4 is 15.9 Å². The van der Waals surface area contributed by atoms with Crippen molar-refractivity contribution in [2.75, 3.05) is 0 Å². The fourth-order valence-corrected chi connectivity index (χ4v) is 1.80. The molecule has 0 spiro atoms. The Morgan fingerprint density at radius 1 is 0.933 bits per heavy atom. The summed E-state index contributed by atoms with van der Waals surface area (Å²) in [6, 6.07) is 0. The second-order valence-corrected chi connectivity index (χ2v) is 5.17. The predicted octanol–water partition coefficient (Wildman–Crippen LogP) is 2.52. The number of unbranched alkanes of at least 4 members (excludes halogenated alkanes) is 6. The van der Waals surface area contributed by atoms with E-state index >= 15 is 0 Å². The van der Waals surface area contributed by atoms with E-state index in [9.17, 15) is 0 Å². The second kappa shape index (κ2) is 8.50. The van der Waals surface area contributed by atoms with Crippen LogP contribution in [0.2, 0.25) is 0 Å². The summed E-state index contributed by atoms with van der Waals surface area (Å²) in [4.78, 5) is -0.652. The van der Waals surface area contributed by atoms with Crippen LogP contribution in [0.1, 0.15) is 58.3 Å². The predicted molar refractivity (Wildman–Crippen MR) is 64.7 cm³/mol. The Morgan fingerprint density at radius 3 is 1.87 bits per heavy atom. The number of hydrogen-bond acceptors (Lipinski definition) is 3. The monoisotopic (exact) mass is 282 g/mol. The Labute approximate surface area is 101 Å². The third-order valence-corrected chi connectivity index (χ3v) is 3.55. The molecule has 0 heterocycles. The van der Waals surface area contributed by atoms with Gasteiger partial charge >= 0.3 is 0 Å². The van der Waals surface area contributed by atoms with Crippen molar-refractivity contribution in [1.29, 1.82) is 0 Å². The maximum atomic E-state index is 8.82. The summed E-state index contributed by atoms with van der Waals surface area (Å²) in [6.45, 7) is 2.19. The molecule has 1 unspecified atom stereocenters. The quantitative estimate of drug-likeness (QED) is 0.346. The van der Waals surface area contributed by atoms with Crippen LogP contribution in [-0.2, 0) is 0 Å². The fraction of sp³-hybridized carbons (Fsp3) is 1.00. The molecule has 0 aromatic heterocycles. The van der Waals surface area contributed by atoms with E-state index in [1.165, 1.54) is 32.1 Å².